The van der Waals surface area contributed by atoms with Crippen molar-refractivity contribution in [1.82, 2.24) is 15.0 Å². The number of hydrogen-bond donors (Lipinski definition) is 1. The Morgan fingerprint density at radius 1 is 1.11 bits per heavy atom. The van der Waals surface area contributed by atoms with Gasteiger partial charge in [-0.3, -0.25) is 4.79 Å². The van der Waals surface area contributed by atoms with Crippen molar-refractivity contribution in [2.24, 2.45) is 0 Å². The predicted molar refractivity (Wildman–Crippen MR) is 97.5 cm³/mol. The van der Waals surface area contributed by atoms with E-state index in [4.69, 9.17) is 14.3 Å². The van der Waals surface area contributed by atoms with E-state index in [1.807, 2.05) is 12.1 Å². The maximum absolute atomic E-state index is 13.7. The number of halogens is 1. The molecule has 7 nitrogen and oxygen atoms in total. The minimum Gasteiger partial charge on any atom is -0.481 e. The summed E-state index contributed by atoms with van der Waals surface area (Å²) in [5, 5.41) is 8.75. The molecular weight excluding hydrogens is 365 g/mol. The number of oxazole rings is 1. The van der Waals surface area contributed by atoms with E-state index in [1.165, 1.54) is 18.3 Å². The molecule has 28 heavy (non-hydrogen) atoms. The molecule has 2 heterocycles. The van der Waals surface area contributed by atoms with Gasteiger partial charge in [0, 0.05) is 12.0 Å². The topological polar surface area (TPSA) is 98.3 Å². The number of carboxylic acid groups (broad SMARTS) is 1. The fourth-order valence-electron chi connectivity index (χ4n) is 2.58. The second kappa shape index (κ2) is 7.43. The lowest BCUT2D eigenvalue weighted by atomic mass is 10.1. The molecule has 1 N–H and O–H groups in total. The van der Waals surface area contributed by atoms with E-state index in [0.29, 0.717) is 23.4 Å². The third-order valence-electron chi connectivity index (χ3n) is 4.00. The van der Waals surface area contributed by atoms with Gasteiger partial charge in [0.2, 0.25) is 5.89 Å². The molecule has 0 amide bonds. The number of hydrogen-bond acceptors (Lipinski definition) is 6. The number of fused-ring (bicyclic) bond motifs is 1. The molecule has 0 aliphatic heterocycles. The molecule has 0 aliphatic carbocycles. The summed E-state index contributed by atoms with van der Waals surface area (Å²) < 4.78 is 24.7. The standard InChI is InChI=1S/C20H14FN3O4/c21-14-3-1-2-4-16(14)27-20-22-11-15-19(24-20)28-18(23-15)13-8-5-12(6-9-13)7-10-17(25)26/h1-6,8-9,11H,7,10H2,(H,25,26). The molecule has 4 aromatic rings. The van der Waals surface area contributed by atoms with Gasteiger partial charge in [0.05, 0.1) is 6.20 Å². The van der Waals surface area contributed by atoms with E-state index in [1.54, 1.807) is 24.3 Å². The van der Waals surface area contributed by atoms with Crippen LogP contribution in [0.2, 0.25) is 0 Å². The Hall–Kier alpha value is -3.81. The van der Waals surface area contributed by atoms with E-state index >= 15 is 0 Å². The molecule has 140 valence electrons. The highest BCUT2D eigenvalue weighted by atomic mass is 19.1. The lowest BCUT2D eigenvalue weighted by Gasteiger charge is -2.03. The maximum atomic E-state index is 13.7. The van der Waals surface area contributed by atoms with Gasteiger partial charge in [0.25, 0.3) is 5.71 Å². The minimum absolute atomic E-state index is 0.0125. The maximum Gasteiger partial charge on any atom is 0.325 e. The molecule has 0 atom stereocenters. The highest BCUT2D eigenvalue weighted by Gasteiger charge is 2.13. The zero-order chi connectivity index (χ0) is 19.5. The van der Waals surface area contributed by atoms with Crippen molar-refractivity contribution in [2.75, 3.05) is 0 Å². The molecule has 0 spiro atoms. The number of carbonyl (C=O) groups is 1. The number of aryl methyl sites for hydroxylation is 1. The van der Waals surface area contributed by atoms with Crippen LogP contribution >= 0.6 is 0 Å². The first kappa shape index (κ1) is 17.6. The summed E-state index contributed by atoms with van der Waals surface area (Å²) in [6.07, 6.45) is 1.96. The summed E-state index contributed by atoms with van der Waals surface area (Å²) in [6, 6.07) is 13.1. The Morgan fingerprint density at radius 3 is 2.64 bits per heavy atom. The number of para-hydroxylation sites is 1. The third-order valence-corrected chi connectivity index (χ3v) is 4.00. The number of rotatable bonds is 6. The van der Waals surface area contributed by atoms with Gasteiger partial charge in [-0.15, -0.1) is 0 Å². The zero-order valence-corrected chi connectivity index (χ0v) is 14.5. The van der Waals surface area contributed by atoms with Crippen LogP contribution in [0.4, 0.5) is 4.39 Å². The highest BCUT2D eigenvalue weighted by molar-refractivity contribution is 5.72. The Kier molecular flexibility index (Phi) is 4.67. The molecule has 4 rings (SSSR count). The molecule has 2 aromatic heterocycles. The lowest BCUT2D eigenvalue weighted by Crippen LogP contribution is -1.97. The smallest absolute Gasteiger partial charge is 0.325 e. The normalized spacial score (nSPS) is 10.9. The lowest BCUT2D eigenvalue weighted by molar-refractivity contribution is -0.136. The number of carboxylic acids is 1. The van der Waals surface area contributed by atoms with Crippen molar-refractivity contribution in [2.45, 2.75) is 12.8 Å². The predicted octanol–water partition coefficient (Wildman–Crippen LogP) is 4.23. The second-order valence-corrected chi connectivity index (χ2v) is 5.99. The van der Waals surface area contributed by atoms with Crippen LogP contribution in [0, 0.1) is 5.82 Å². The summed E-state index contributed by atoms with van der Waals surface area (Å²) >= 11 is 0. The fourth-order valence-corrected chi connectivity index (χ4v) is 2.58. The van der Waals surface area contributed by atoms with Gasteiger partial charge in [-0.25, -0.2) is 14.4 Å². The number of aromatic nitrogens is 3. The van der Waals surface area contributed by atoms with Crippen molar-refractivity contribution in [1.29, 1.82) is 0 Å². The van der Waals surface area contributed by atoms with Crippen LogP contribution in [-0.2, 0) is 11.2 Å². The number of nitrogens with zero attached hydrogens (tertiary/aromatic N) is 3. The molecule has 0 unspecified atom stereocenters. The monoisotopic (exact) mass is 379 g/mol. The van der Waals surface area contributed by atoms with E-state index in [9.17, 15) is 9.18 Å². The largest absolute Gasteiger partial charge is 0.481 e. The number of aliphatic carboxylic acids is 1. The Morgan fingerprint density at radius 2 is 1.89 bits per heavy atom. The average molecular weight is 379 g/mol. The summed E-state index contributed by atoms with van der Waals surface area (Å²) in [6.45, 7) is 0. The highest BCUT2D eigenvalue weighted by Crippen LogP contribution is 2.26. The molecule has 2 aromatic carbocycles. The summed E-state index contributed by atoms with van der Waals surface area (Å²) in [5.74, 6) is -1.00. The Labute approximate surface area is 158 Å². The van der Waals surface area contributed by atoms with Gasteiger partial charge in [-0.05, 0) is 36.2 Å². The quantitative estimate of drug-likeness (QED) is 0.535. The summed E-state index contributed by atoms with van der Waals surface area (Å²) in [7, 11) is 0. The first-order valence-corrected chi connectivity index (χ1v) is 8.45. The third kappa shape index (κ3) is 3.80. The van der Waals surface area contributed by atoms with Gasteiger partial charge in [-0.2, -0.15) is 4.98 Å². The van der Waals surface area contributed by atoms with E-state index < -0.39 is 11.8 Å². The Balaban J connectivity index is 1.56. The molecule has 8 heteroatoms. The molecule has 0 saturated heterocycles. The minimum atomic E-state index is -0.838. The van der Waals surface area contributed by atoms with Crippen LogP contribution in [0.25, 0.3) is 22.7 Å². The van der Waals surface area contributed by atoms with Crippen molar-refractivity contribution >= 4 is 17.2 Å². The van der Waals surface area contributed by atoms with E-state index in [-0.39, 0.29) is 23.9 Å². The van der Waals surface area contributed by atoms with Crippen LogP contribution in [0.15, 0.2) is 59.1 Å². The van der Waals surface area contributed by atoms with Crippen LogP contribution in [-0.4, -0.2) is 26.0 Å². The summed E-state index contributed by atoms with van der Waals surface area (Å²) in [5.41, 5.74) is 2.27. The number of benzene rings is 2. The first-order valence-electron chi connectivity index (χ1n) is 8.45. The molecule has 0 radical (unpaired) electrons. The van der Waals surface area contributed by atoms with Crippen molar-refractivity contribution in [3.05, 3.63) is 66.1 Å². The van der Waals surface area contributed by atoms with Crippen LogP contribution in [0.1, 0.15) is 12.0 Å². The van der Waals surface area contributed by atoms with Gasteiger partial charge in [-0.1, -0.05) is 24.3 Å². The van der Waals surface area contributed by atoms with Gasteiger partial charge >= 0.3 is 12.0 Å². The van der Waals surface area contributed by atoms with E-state index in [2.05, 4.69) is 15.0 Å². The molecule has 0 fully saturated rings. The number of ether oxygens (including phenoxy) is 1. The van der Waals surface area contributed by atoms with Crippen LogP contribution in [0.3, 0.4) is 0 Å². The van der Waals surface area contributed by atoms with E-state index in [0.717, 1.165) is 5.56 Å². The van der Waals surface area contributed by atoms with Gasteiger partial charge in [0.15, 0.2) is 11.6 Å². The van der Waals surface area contributed by atoms with Crippen LogP contribution < -0.4 is 4.74 Å². The Bertz CT molecular complexity index is 1140. The van der Waals surface area contributed by atoms with Gasteiger partial charge < -0.3 is 14.3 Å². The fraction of sp³-hybridized carbons (Fsp3) is 0.100. The van der Waals surface area contributed by atoms with Crippen LogP contribution in [0.5, 0.6) is 11.8 Å². The molecule has 0 saturated carbocycles. The van der Waals surface area contributed by atoms with Gasteiger partial charge in [0.1, 0.15) is 5.52 Å². The average Bonchev–Trinajstić information content (AvgIpc) is 3.12. The summed E-state index contributed by atoms with van der Waals surface area (Å²) in [4.78, 5) is 23.1. The SMILES string of the molecule is O=C(O)CCc1ccc(-c2nc3cnc(Oc4ccccc4F)nc3o2)cc1. The second-order valence-electron chi connectivity index (χ2n) is 5.99. The van der Waals surface area contributed by atoms with Crippen molar-refractivity contribution in [3.8, 4) is 23.2 Å². The molecule has 0 bridgehead atoms. The van der Waals surface area contributed by atoms with Crippen molar-refractivity contribution < 1.29 is 23.4 Å². The molecular formula is C20H14FN3O4. The molecule has 0 aliphatic rings. The van der Waals surface area contributed by atoms with Crippen molar-refractivity contribution in [3.63, 3.8) is 0 Å². The first-order chi connectivity index (χ1) is 13.6. The zero-order valence-electron chi connectivity index (χ0n) is 14.5.